The Balaban J connectivity index is 1.34. The fourth-order valence-corrected chi connectivity index (χ4v) is 3.88. The highest BCUT2D eigenvalue weighted by molar-refractivity contribution is 5.77. The van der Waals surface area contributed by atoms with Gasteiger partial charge in [0.15, 0.2) is 0 Å². The summed E-state index contributed by atoms with van der Waals surface area (Å²) in [4.78, 5) is 15.3. The number of nitrogens with one attached hydrogen (secondary N) is 2. The minimum atomic E-state index is -2.93. The van der Waals surface area contributed by atoms with Crippen molar-refractivity contribution in [3.8, 4) is 5.88 Å². The fourth-order valence-electron chi connectivity index (χ4n) is 3.88. The van der Waals surface area contributed by atoms with Gasteiger partial charge in [-0.3, -0.25) is 0 Å². The molecule has 1 aliphatic rings. The zero-order chi connectivity index (χ0) is 22.6. The van der Waals surface area contributed by atoms with Crippen molar-refractivity contribution in [2.75, 3.05) is 36.4 Å². The third kappa shape index (κ3) is 4.85. The normalized spacial score (nSPS) is 14.1. The number of fused-ring (bicyclic) bond motifs is 1. The van der Waals surface area contributed by atoms with E-state index in [4.69, 9.17) is 0 Å². The van der Waals surface area contributed by atoms with Gasteiger partial charge >= 0.3 is 6.61 Å². The smallest absolute Gasteiger partial charge is 0.388 e. The molecule has 10 heteroatoms. The molecule has 1 fully saturated rings. The van der Waals surface area contributed by atoms with E-state index in [2.05, 4.69) is 47.4 Å². The molecule has 0 unspecified atom stereocenters. The number of aromatic nitrogens is 4. The Hall–Kier alpha value is -3.79. The van der Waals surface area contributed by atoms with Gasteiger partial charge in [0.25, 0.3) is 0 Å². The van der Waals surface area contributed by atoms with Gasteiger partial charge < -0.3 is 24.8 Å². The second kappa shape index (κ2) is 9.37. The summed E-state index contributed by atoms with van der Waals surface area (Å²) in [7, 11) is 0. The van der Waals surface area contributed by atoms with Gasteiger partial charge in [-0.05, 0) is 36.4 Å². The molecule has 0 atom stereocenters. The van der Waals surface area contributed by atoms with E-state index in [1.54, 1.807) is 18.3 Å². The number of rotatable bonds is 7. The molecule has 1 saturated heterocycles. The molecule has 0 saturated carbocycles. The number of benzene rings is 1. The Morgan fingerprint density at radius 3 is 2.67 bits per heavy atom. The number of piperazine rings is 1. The third-order valence-corrected chi connectivity index (χ3v) is 5.50. The molecule has 0 aliphatic carbocycles. The molecular weight excluding hydrogens is 428 g/mol. The van der Waals surface area contributed by atoms with Crippen molar-refractivity contribution < 1.29 is 13.5 Å². The van der Waals surface area contributed by atoms with Gasteiger partial charge in [-0.2, -0.15) is 13.8 Å². The maximum absolute atomic E-state index is 12.7. The van der Waals surface area contributed by atoms with Gasteiger partial charge in [-0.15, -0.1) is 0 Å². The highest BCUT2D eigenvalue weighted by Crippen LogP contribution is 2.23. The molecule has 3 aromatic heterocycles. The van der Waals surface area contributed by atoms with Crippen LogP contribution in [0.5, 0.6) is 5.88 Å². The third-order valence-electron chi connectivity index (χ3n) is 5.50. The second-order valence-electron chi connectivity index (χ2n) is 7.67. The van der Waals surface area contributed by atoms with Crippen LogP contribution < -0.4 is 20.3 Å². The van der Waals surface area contributed by atoms with Crippen LogP contribution in [-0.4, -0.2) is 52.3 Å². The molecule has 33 heavy (non-hydrogen) atoms. The number of ether oxygens (including phenoxy) is 1. The van der Waals surface area contributed by atoms with E-state index in [9.17, 15) is 8.78 Å². The second-order valence-corrected chi connectivity index (χ2v) is 7.67. The predicted molar refractivity (Wildman–Crippen MR) is 122 cm³/mol. The van der Waals surface area contributed by atoms with Gasteiger partial charge in [-0.1, -0.05) is 6.07 Å². The van der Waals surface area contributed by atoms with E-state index in [0.29, 0.717) is 17.2 Å². The monoisotopic (exact) mass is 451 g/mol. The number of hydrogen-bond acceptors (Lipinski definition) is 7. The highest BCUT2D eigenvalue weighted by atomic mass is 19.3. The summed E-state index contributed by atoms with van der Waals surface area (Å²) in [6, 6.07) is 13.5. The van der Waals surface area contributed by atoms with Crippen molar-refractivity contribution in [1.82, 2.24) is 24.8 Å². The first-order valence-electron chi connectivity index (χ1n) is 10.7. The summed E-state index contributed by atoms with van der Waals surface area (Å²) in [6.07, 6.45) is 4.99. The minimum absolute atomic E-state index is 0.0914. The predicted octanol–water partition coefficient (Wildman–Crippen LogP) is 3.63. The molecule has 4 heterocycles. The van der Waals surface area contributed by atoms with E-state index < -0.39 is 6.61 Å². The molecule has 1 aliphatic heterocycles. The van der Waals surface area contributed by atoms with Crippen molar-refractivity contribution in [2.45, 2.75) is 13.2 Å². The Morgan fingerprint density at radius 1 is 1.06 bits per heavy atom. The van der Waals surface area contributed by atoms with E-state index in [1.165, 1.54) is 11.9 Å². The van der Waals surface area contributed by atoms with Gasteiger partial charge in [0.1, 0.15) is 5.65 Å². The first kappa shape index (κ1) is 21.1. The van der Waals surface area contributed by atoms with Crippen molar-refractivity contribution in [3.05, 3.63) is 66.6 Å². The van der Waals surface area contributed by atoms with Crippen molar-refractivity contribution in [1.29, 1.82) is 0 Å². The Labute approximate surface area is 189 Å². The van der Waals surface area contributed by atoms with Crippen LogP contribution in [0, 0.1) is 0 Å². The Kier molecular flexibility index (Phi) is 5.99. The van der Waals surface area contributed by atoms with Crippen LogP contribution >= 0.6 is 0 Å². The minimum Gasteiger partial charge on any atom is -0.417 e. The first-order valence-corrected chi connectivity index (χ1v) is 10.7. The number of alkyl halides is 2. The number of pyridine rings is 1. The number of halogens is 2. The van der Waals surface area contributed by atoms with E-state index in [0.717, 1.165) is 37.3 Å². The van der Waals surface area contributed by atoms with Crippen molar-refractivity contribution in [2.24, 2.45) is 0 Å². The maximum Gasteiger partial charge on any atom is 0.388 e. The highest BCUT2D eigenvalue weighted by Gasteiger charge is 2.14. The summed E-state index contributed by atoms with van der Waals surface area (Å²) >= 11 is 0. The number of hydrogen-bond donors (Lipinski definition) is 2. The Morgan fingerprint density at radius 2 is 1.88 bits per heavy atom. The molecule has 0 spiro atoms. The van der Waals surface area contributed by atoms with E-state index >= 15 is 0 Å². The van der Waals surface area contributed by atoms with Crippen LogP contribution in [-0.2, 0) is 6.54 Å². The Bertz CT molecular complexity index is 1220. The van der Waals surface area contributed by atoms with Gasteiger partial charge in [0.05, 0.1) is 6.54 Å². The largest absolute Gasteiger partial charge is 0.417 e. The molecule has 0 bridgehead atoms. The van der Waals surface area contributed by atoms with E-state index in [-0.39, 0.29) is 12.4 Å². The standard InChI is InChI=1S/C23H23F2N7O/c24-22(25)33-21-17(2-1-8-27-21)15-32-11-7-16-14-28-23(30-20(16)32)29-18-3-5-19(6-4-18)31-12-9-26-10-13-31/h1-8,11,14,22,26H,9-10,12-13,15H2,(H,28,29,30). The van der Waals surface area contributed by atoms with Crippen molar-refractivity contribution >= 4 is 28.4 Å². The van der Waals surface area contributed by atoms with Crippen LogP contribution in [0.25, 0.3) is 11.0 Å². The molecule has 1 aromatic carbocycles. The first-order chi connectivity index (χ1) is 16.2. The average Bonchev–Trinajstić information content (AvgIpc) is 3.23. The van der Waals surface area contributed by atoms with Crippen molar-refractivity contribution in [3.63, 3.8) is 0 Å². The lowest BCUT2D eigenvalue weighted by molar-refractivity contribution is -0.0535. The molecule has 8 nitrogen and oxygen atoms in total. The topological polar surface area (TPSA) is 80.1 Å². The SMILES string of the molecule is FC(F)Oc1ncccc1Cn1ccc2cnc(Nc3ccc(N4CCNCC4)cc3)nc21. The van der Waals surface area contributed by atoms with Crippen LogP contribution in [0.2, 0.25) is 0 Å². The van der Waals surface area contributed by atoms with Crippen LogP contribution in [0.1, 0.15) is 5.56 Å². The molecule has 0 radical (unpaired) electrons. The zero-order valence-electron chi connectivity index (χ0n) is 17.8. The summed E-state index contributed by atoms with van der Waals surface area (Å²) < 4.78 is 31.8. The average molecular weight is 451 g/mol. The molecule has 0 amide bonds. The summed E-state index contributed by atoms with van der Waals surface area (Å²) in [6.45, 7) is 1.31. The van der Waals surface area contributed by atoms with E-state index in [1.807, 2.05) is 29.0 Å². The summed E-state index contributed by atoms with van der Waals surface area (Å²) in [5, 5.41) is 7.44. The molecule has 170 valence electrons. The number of nitrogens with zero attached hydrogens (tertiary/aromatic N) is 5. The van der Waals surface area contributed by atoms with Crippen LogP contribution in [0.15, 0.2) is 61.1 Å². The summed E-state index contributed by atoms with van der Waals surface area (Å²) in [5.41, 5.74) is 3.28. The zero-order valence-corrected chi connectivity index (χ0v) is 17.8. The number of anilines is 3. The maximum atomic E-state index is 12.7. The molecule has 2 N–H and O–H groups in total. The quantitative estimate of drug-likeness (QED) is 0.444. The summed E-state index contributed by atoms with van der Waals surface area (Å²) in [5.74, 6) is 0.360. The lowest BCUT2D eigenvalue weighted by Crippen LogP contribution is -2.43. The molecule has 5 rings (SSSR count). The lowest BCUT2D eigenvalue weighted by Gasteiger charge is -2.29. The van der Waals surface area contributed by atoms with Gasteiger partial charge in [0.2, 0.25) is 11.8 Å². The molecule has 4 aromatic rings. The van der Waals surface area contributed by atoms with Crippen LogP contribution in [0.3, 0.4) is 0 Å². The van der Waals surface area contributed by atoms with Gasteiger partial charge in [-0.25, -0.2) is 9.97 Å². The van der Waals surface area contributed by atoms with Crippen LogP contribution in [0.4, 0.5) is 26.1 Å². The fraction of sp³-hybridized carbons (Fsp3) is 0.261. The lowest BCUT2D eigenvalue weighted by atomic mass is 10.2. The molecular formula is C23H23F2N7O. The van der Waals surface area contributed by atoms with Gasteiger partial charge in [0, 0.05) is 67.1 Å².